The molecule has 0 spiro atoms. The first-order chi connectivity index (χ1) is 4.84. The van der Waals surface area contributed by atoms with Crippen LogP contribution in [0.2, 0.25) is 0 Å². The first kappa shape index (κ1) is 11.0. The molecule has 0 aliphatic carbocycles. The molecule has 1 saturated heterocycles. The van der Waals surface area contributed by atoms with Crippen LogP contribution in [0.4, 0.5) is 0 Å². The van der Waals surface area contributed by atoms with Crippen LogP contribution in [0.25, 0.3) is 0 Å². The molecule has 0 saturated carbocycles. The van der Waals surface area contributed by atoms with Crippen molar-refractivity contribution in [1.82, 2.24) is 4.90 Å². The van der Waals surface area contributed by atoms with Gasteiger partial charge in [0.2, 0.25) is 5.91 Å². The van der Waals surface area contributed by atoms with Gasteiger partial charge in [0.05, 0.1) is 6.07 Å². The van der Waals surface area contributed by atoms with Crippen LogP contribution in [0.15, 0.2) is 0 Å². The minimum absolute atomic E-state index is 0. The van der Waals surface area contributed by atoms with Gasteiger partial charge >= 0.3 is 29.6 Å². The van der Waals surface area contributed by atoms with Gasteiger partial charge in [-0.1, -0.05) is 0 Å². The molecule has 54 valence electrons. The van der Waals surface area contributed by atoms with Gasteiger partial charge < -0.3 is 4.90 Å². The summed E-state index contributed by atoms with van der Waals surface area (Å²) in [6.07, 6.45) is 2.23. The van der Waals surface area contributed by atoms with E-state index in [0.29, 0.717) is 0 Å². The maximum absolute atomic E-state index is 10.9. The molecule has 1 rings (SSSR count). The molecule has 1 amide bonds. The first-order valence-electron chi connectivity index (χ1n) is 3.49. The van der Waals surface area contributed by atoms with E-state index in [1.54, 1.807) is 4.90 Å². The molecule has 0 bridgehead atoms. The zero-order valence-electron chi connectivity index (χ0n) is 6.84. The molecule has 1 aliphatic heterocycles. The summed E-state index contributed by atoms with van der Waals surface area (Å²) in [7, 11) is 0. The second kappa shape index (κ2) is 5.59. The van der Waals surface area contributed by atoms with Crippen molar-refractivity contribution in [3.8, 4) is 6.07 Å². The van der Waals surface area contributed by atoms with E-state index in [1.807, 2.05) is 6.07 Å². The molecule has 1 aliphatic rings. The van der Waals surface area contributed by atoms with Crippen LogP contribution in [0.5, 0.6) is 0 Å². The molecule has 0 unspecified atom stereocenters. The Morgan fingerprint density at radius 2 is 2.00 bits per heavy atom. The van der Waals surface area contributed by atoms with E-state index >= 15 is 0 Å². The number of rotatable bonds is 1. The predicted octanol–water partition coefficient (Wildman–Crippen LogP) is -2.47. The van der Waals surface area contributed by atoms with Gasteiger partial charge in [-0.2, -0.15) is 5.26 Å². The minimum atomic E-state index is -0.0139. The quantitative estimate of drug-likeness (QED) is 0.400. The van der Waals surface area contributed by atoms with Gasteiger partial charge in [-0.3, -0.25) is 4.79 Å². The Balaban J connectivity index is 0.000001000. The average Bonchev–Trinajstić information content (AvgIpc) is 2.38. The number of amides is 1. The predicted molar refractivity (Wildman–Crippen MR) is 36.0 cm³/mol. The molecule has 0 aromatic rings. The van der Waals surface area contributed by atoms with Gasteiger partial charge in [-0.25, -0.2) is 0 Å². The Morgan fingerprint density at radius 1 is 1.45 bits per heavy atom. The monoisotopic (exact) mass is 161 g/mol. The summed E-state index contributed by atoms with van der Waals surface area (Å²) in [6.45, 7) is 1.70. The molecule has 0 N–H and O–H groups in total. The number of hydrogen-bond acceptors (Lipinski definition) is 2. The third-order valence-electron chi connectivity index (χ3n) is 1.69. The van der Waals surface area contributed by atoms with Crippen LogP contribution < -0.4 is 29.6 Å². The Kier molecular flexibility index (Phi) is 5.57. The number of likely N-dealkylation sites (tertiary alicyclic amines) is 1. The molecule has 1 fully saturated rings. The molecule has 4 heteroatoms. The van der Waals surface area contributed by atoms with Gasteiger partial charge in [-0.05, 0) is 12.8 Å². The third-order valence-corrected chi connectivity index (χ3v) is 1.69. The zero-order valence-corrected chi connectivity index (χ0v) is 8.84. The largest absolute Gasteiger partial charge is 1.00 e. The average molecular weight is 161 g/mol. The smallest absolute Gasteiger partial charge is 0.342 e. The number of carbonyl (C=O) groups excluding carboxylic acids is 1. The summed E-state index contributed by atoms with van der Waals surface area (Å²) in [5, 5.41) is 8.20. The van der Waals surface area contributed by atoms with Crippen molar-refractivity contribution in [2.24, 2.45) is 0 Å². The van der Waals surface area contributed by atoms with Gasteiger partial charge in [0.15, 0.2) is 0 Å². The summed E-state index contributed by atoms with van der Waals surface area (Å²) in [4.78, 5) is 12.7. The third kappa shape index (κ3) is 3.24. The Labute approximate surface area is 88.7 Å². The normalized spacial score (nSPS) is 15.4. The first-order valence-corrected chi connectivity index (χ1v) is 3.49. The van der Waals surface area contributed by atoms with E-state index in [9.17, 15) is 4.79 Å². The second-order valence-electron chi connectivity index (χ2n) is 2.42. The SMILES string of the molecule is N#CCC(=O)N1CCCC1.[Na+]. The Hall–Kier alpha value is -0.0400. The molecule has 0 atom stereocenters. The number of nitrogens with zero attached hydrogens (tertiary/aromatic N) is 2. The second-order valence-corrected chi connectivity index (χ2v) is 2.42. The fourth-order valence-corrected chi connectivity index (χ4v) is 1.15. The van der Waals surface area contributed by atoms with Crippen molar-refractivity contribution in [3.05, 3.63) is 0 Å². The zero-order chi connectivity index (χ0) is 7.40. The standard InChI is InChI=1S/C7H10N2O.Na/c8-4-3-7(10)9-5-1-2-6-9;/h1-3,5-6H2;/q;+1. The molecule has 0 aromatic carbocycles. The van der Waals surface area contributed by atoms with Crippen molar-refractivity contribution in [2.45, 2.75) is 19.3 Å². The Bertz CT molecular complexity index is 170. The number of carbonyl (C=O) groups is 1. The molecular weight excluding hydrogens is 151 g/mol. The maximum atomic E-state index is 10.9. The van der Waals surface area contributed by atoms with Gasteiger partial charge in [-0.15, -0.1) is 0 Å². The van der Waals surface area contributed by atoms with Crippen LogP contribution in [0.3, 0.4) is 0 Å². The van der Waals surface area contributed by atoms with Crippen molar-refractivity contribution in [3.63, 3.8) is 0 Å². The molecule has 11 heavy (non-hydrogen) atoms. The molecule has 0 aromatic heterocycles. The van der Waals surface area contributed by atoms with Crippen molar-refractivity contribution in [2.75, 3.05) is 13.1 Å². The summed E-state index contributed by atoms with van der Waals surface area (Å²) < 4.78 is 0. The fraction of sp³-hybridized carbons (Fsp3) is 0.714. The number of nitriles is 1. The van der Waals surface area contributed by atoms with E-state index in [4.69, 9.17) is 5.26 Å². The van der Waals surface area contributed by atoms with E-state index in [-0.39, 0.29) is 41.9 Å². The van der Waals surface area contributed by atoms with Gasteiger partial charge in [0, 0.05) is 13.1 Å². The molecule has 0 radical (unpaired) electrons. The van der Waals surface area contributed by atoms with Crippen molar-refractivity contribution in [1.29, 1.82) is 5.26 Å². The van der Waals surface area contributed by atoms with Crippen LogP contribution in [0, 0.1) is 11.3 Å². The molecular formula is C7H10N2NaO+. The van der Waals surface area contributed by atoms with E-state index in [0.717, 1.165) is 25.9 Å². The summed E-state index contributed by atoms with van der Waals surface area (Å²) in [5.74, 6) is -0.0139. The number of hydrogen-bond donors (Lipinski definition) is 0. The van der Waals surface area contributed by atoms with Crippen LogP contribution in [-0.2, 0) is 4.79 Å². The minimum Gasteiger partial charge on any atom is -0.342 e. The molecule has 3 nitrogen and oxygen atoms in total. The summed E-state index contributed by atoms with van der Waals surface area (Å²) in [5.41, 5.74) is 0. The summed E-state index contributed by atoms with van der Waals surface area (Å²) in [6, 6.07) is 1.85. The van der Waals surface area contributed by atoms with E-state index in [2.05, 4.69) is 0 Å². The van der Waals surface area contributed by atoms with Crippen LogP contribution in [0.1, 0.15) is 19.3 Å². The van der Waals surface area contributed by atoms with Crippen LogP contribution in [-0.4, -0.2) is 23.9 Å². The Morgan fingerprint density at radius 3 is 2.45 bits per heavy atom. The maximum Gasteiger partial charge on any atom is 1.00 e. The van der Waals surface area contributed by atoms with E-state index < -0.39 is 0 Å². The van der Waals surface area contributed by atoms with E-state index in [1.165, 1.54) is 0 Å². The molecule has 1 heterocycles. The summed E-state index contributed by atoms with van der Waals surface area (Å²) >= 11 is 0. The van der Waals surface area contributed by atoms with Crippen molar-refractivity contribution >= 4 is 5.91 Å². The van der Waals surface area contributed by atoms with Gasteiger partial charge in [0.25, 0.3) is 0 Å². The fourth-order valence-electron chi connectivity index (χ4n) is 1.15. The van der Waals surface area contributed by atoms with Gasteiger partial charge in [0.1, 0.15) is 6.42 Å². The topological polar surface area (TPSA) is 44.1 Å². The van der Waals surface area contributed by atoms with Crippen LogP contribution >= 0.6 is 0 Å². The van der Waals surface area contributed by atoms with Crippen molar-refractivity contribution < 1.29 is 34.4 Å².